The van der Waals surface area contributed by atoms with E-state index in [0.717, 1.165) is 19.4 Å². The average Bonchev–Trinajstić information content (AvgIpc) is 2.50. The van der Waals surface area contributed by atoms with Crippen LogP contribution in [0.3, 0.4) is 0 Å². The van der Waals surface area contributed by atoms with Crippen molar-refractivity contribution in [3.63, 3.8) is 0 Å². The fraction of sp³-hybridized carbons (Fsp3) is 0.500. The third-order valence-corrected chi connectivity index (χ3v) is 2.59. The summed E-state index contributed by atoms with van der Waals surface area (Å²) in [6.07, 6.45) is 6.42. The van der Waals surface area contributed by atoms with Gasteiger partial charge in [-0.1, -0.05) is 18.6 Å². The quantitative estimate of drug-likeness (QED) is 0.569. The predicted molar refractivity (Wildman–Crippen MR) is 75.4 cm³/mol. The minimum absolute atomic E-state index is 0.196. The molecular formula is C12H16Cl2N2O4Pt. The van der Waals surface area contributed by atoms with Crippen LogP contribution in [-0.4, -0.2) is 36.7 Å². The number of dihydropyridines is 1. The number of carboxylic acid groups (broad SMARTS) is 2. The van der Waals surface area contributed by atoms with Crippen LogP contribution in [0.25, 0.3) is 5.32 Å². The first-order valence-corrected chi connectivity index (χ1v) is 11.7. The number of hydrogen-bond donors (Lipinski definition) is 2. The molecule has 0 amide bonds. The van der Waals surface area contributed by atoms with Crippen molar-refractivity contribution >= 4 is 30.8 Å². The van der Waals surface area contributed by atoms with Gasteiger partial charge in [-0.3, -0.25) is 4.79 Å². The summed E-state index contributed by atoms with van der Waals surface area (Å²) in [7, 11) is 9.75. The van der Waals surface area contributed by atoms with E-state index in [0.29, 0.717) is 13.1 Å². The van der Waals surface area contributed by atoms with Crippen molar-refractivity contribution in [1.29, 1.82) is 0 Å². The first-order chi connectivity index (χ1) is 10.0. The van der Waals surface area contributed by atoms with Gasteiger partial charge >= 0.3 is 41.3 Å². The Labute approximate surface area is 140 Å². The summed E-state index contributed by atoms with van der Waals surface area (Å²) in [4.78, 5) is 20.4. The summed E-state index contributed by atoms with van der Waals surface area (Å²) in [5.41, 5.74) is 0.196. The molecular weight excluding hydrogens is 502 g/mol. The van der Waals surface area contributed by atoms with Gasteiger partial charge in [-0.15, -0.1) is 13.1 Å². The number of rotatable bonds is 2. The van der Waals surface area contributed by atoms with Gasteiger partial charge in [-0.05, 0) is 6.42 Å². The molecule has 1 unspecified atom stereocenters. The van der Waals surface area contributed by atoms with Crippen LogP contribution in [-0.2, 0) is 26.1 Å². The molecule has 1 saturated heterocycles. The van der Waals surface area contributed by atoms with E-state index in [1.165, 1.54) is 12.3 Å². The summed E-state index contributed by atoms with van der Waals surface area (Å²) < 4.78 is 0. The van der Waals surface area contributed by atoms with E-state index in [-0.39, 0.29) is 11.5 Å². The molecule has 0 aliphatic carbocycles. The van der Waals surface area contributed by atoms with E-state index in [2.05, 4.69) is 10.6 Å². The van der Waals surface area contributed by atoms with Crippen molar-refractivity contribution < 1.29 is 36.3 Å². The van der Waals surface area contributed by atoms with Crippen LogP contribution >= 0.6 is 18.8 Å². The Morgan fingerprint density at radius 1 is 1.48 bits per heavy atom. The maximum atomic E-state index is 10.3. The summed E-state index contributed by atoms with van der Waals surface area (Å²) in [6.45, 7) is 2.07. The average molecular weight is 518 g/mol. The second-order valence-corrected chi connectivity index (χ2v) is 7.33. The van der Waals surface area contributed by atoms with Gasteiger partial charge in [0.25, 0.3) is 0 Å². The number of piperidine rings is 1. The fourth-order valence-electron chi connectivity index (χ4n) is 1.59. The maximum absolute atomic E-state index is 10.3. The Balaban J connectivity index is 0.000000322. The molecule has 0 aromatic rings. The van der Waals surface area contributed by atoms with Gasteiger partial charge in [0.1, 0.15) is 0 Å². The van der Waals surface area contributed by atoms with Crippen LogP contribution in [0.5, 0.6) is 0 Å². The van der Waals surface area contributed by atoms with E-state index >= 15 is 0 Å². The molecule has 0 saturated carbocycles. The topological polar surface area (TPSA) is 104 Å². The molecule has 0 aromatic carbocycles. The zero-order valence-corrected chi connectivity index (χ0v) is 14.8. The summed E-state index contributed by atoms with van der Waals surface area (Å²) in [6, 6.07) is 0. The fourth-order valence-corrected chi connectivity index (χ4v) is 1.59. The van der Waals surface area contributed by atoms with Gasteiger partial charge in [0.05, 0.1) is 5.97 Å². The molecule has 6 nitrogen and oxygen atoms in total. The molecule has 21 heavy (non-hydrogen) atoms. The minimum atomic E-state index is -1.14. The van der Waals surface area contributed by atoms with E-state index in [1.807, 2.05) is 0 Å². The zero-order valence-electron chi connectivity index (χ0n) is 11.0. The number of halogens is 2. The number of carbonyl (C=O) groups excluding carboxylic acids is 1. The van der Waals surface area contributed by atoms with Crippen molar-refractivity contribution in [2.24, 2.45) is 5.92 Å². The molecule has 2 N–H and O–H groups in total. The van der Waals surface area contributed by atoms with Gasteiger partial charge in [0.15, 0.2) is 0 Å². The van der Waals surface area contributed by atoms with E-state index in [9.17, 15) is 14.7 Å². The van der Waals surface area contributed by atoms with Gasteiger partial charge in [0, 0.05) is 24.2 Å². The second-order valence-electron chi connectivity index (χ2n) is 4.05. The first kappa shape index (κ1) is 20.4. The number of nitrogens with one attached hydrogen (secondary N) is 1. The summed E-state index contributed by atoms with van der Waals surface area (Å²) in [5, 5.41) is 25.3. The molecule has 2 rings (SSSR count). The van der Waals surface area contributed by atoms with Crippen LogP contribution < -0.4 is 10.4 Å². The molecule has 1 fully saturated rings. The molecule has 0 radical (unpaired) electrons. The van der Waals surface area contributed by atoms with Crippen molar-refractivity contribution in [3.8, 4) is 0 Å². The Bertz CT molecular complexity index is 385. The Morgan fingerprint density at radius 3 is 2.43 bits per heavy atom. The molecule has 2 heterocycles. The Morgan fingerprint density at radius 2 is 2.14 bits per heavy atom. The van der Waals surface area contributed by atoms with Gasteiger partial charge in [-0.25, -0.2) is 0 Å². The number of aliphatic carboxylic acids is 2. The number of carboxylic acids is 2. The Hall–Kier alpha value is -0.552. The van der Waals surface area contributed by atoms with E-state index in [4.69, 9.17) is 23.9 Å². The van der Waals surface area contributed by atoms with E-state index in [1.54, 1.807) is 6.08 Å². The van der Waals surface area contributed by atoms with Crippen molar-refractivity contribution in [3.05, 3.63) is 29.2 Å². The van der Waals surface area contributed by atoms with Crippen LogP contribution in [0.4, 0.5) is 0 Å². The predicted octanol–water partition coefficient (Wildman–Crippen LogP) is 1.01. The molecule has 122 valence electrons. The van der Waals surface area contributed by atoms with Gasteiger partial charge < -0.3 is 25.6 Å². The molecule has 0 aromatic heterocycles. The third-order valence-electron chi connectivity index (χ3n) is 2.59. The first-order valence-electron chi connectivity index (χ1n) is 6.02. The SMILES string of the molecule is O=C(O)C1CCC[N-]C1.O=C([O-])C1=CNCC=C1.[Cl][Pt+2][Cl]. The van der Waals surface area contributed by atoms with Crippen LogP contribution in [0.15, 0.2) is 23.9 Å². The molecule has 0 spiro atoms. The standard InChI is InChI=1S/C6H10NO2.C6H7NO2.2ClH.Pt/c2*8-6(9)5-2-1-3-7-4-5;;;/h5H,1-4H2,(H,8,9);1-2,4,7H,3H2,(H,8,9);2*1H;/q-1;;;;+4/p-3. The molecule has 2 aliphatic rings. The molecule has 0 bridgehead atoms. The summed E-state index contributed by atoms with van der Waals surface area (Å²) >= 11 is -0.472. The zero-order chi connectivity index (χ0) is 16.1. The monoisotopic (exact) mass is 517 g/mol. The molecule has 2 aliphatic heterocycles. The van der Waals surface area contributed by atoms with Crippen LogP contribution in [0, 0.1) is 5.92 Å². The van der Waals surface area contributed by atoms with Crippen molar-refractivity contribution in [2.75, 3.05) is 19.6 Å². The normalized spacial score (nSPS) is 19.9. The molecule has 1 atom stereocenters. The number of carbonyl (C=O) groups is 2. The van der Waals surface area contributed by atoms with Gasteiger partial charge in [-0.2, -0.15) is 0 Å². The number of hydrogen-bond acceptors (Lipinski definition) is 4. The van der Waals surface area contributed by atoms with Crippen molar-refractivity contribution in [2.45, 2.75) is 12.8 Å². The van der Waals surface area contributed by atoms with Crippen molar-refractivity contribution in [1.82, 2.24) is 5.32 Å². The third kappa shape index (κ3) is 10.8. The van der Waals surface area contributed by atoms with Crippen LogP contribution in [0.1, 0.15) is 12.8 Å². The van der Waals surface area contributed by atoms with Crippen LogP contribution in [0.2, 0.25) is 0 Å². The van der Waals surface area contributed by atoms with Gasteiger partial charge in [0.2, 0.25) is 0 Å². The molecule has 9 heteroatoms. The number of nitrogens with zero attached hydrogens (tertiary/aromatic N) is 1. The second kappa shape index (κ2) is 13.1. The van der Waals surface area contributed by atoms with E-state index < -0.39 is 28.4 Å². The summed E-state index contributed by atoms with van der Waals surface area (Å²) in [5.74, 6) is -2.03. The Kier molecular flexibility index (Phi) is 12.8.